The van der Waals surface area contributed by atoms with E-state index in [0.717, 1.165) is 0 Å². The number of fused-ring (bicyclic) bond motifs is 1. The second-order valence-corrected chi connectivity index (χ2v) is 5.14. The fraction of sp³-hybridized carbons (Fsp3) is 0.750. The van der Waals surface area contributed by atoms with Gasteiger partial charge < -0.3 is 19.3 Å². The van der Waals surface area contributed by atoms with Crippen molar-refractivity contribution in [3.05, 3.63) is 12.2 Å². The molecule has 2 saturated heterocycles. The van der Waals surface area contributed by atoms with Crippen molar-refractivity contribution in [1.82, 2.24) is 0 Å². The minimum atomic E-state index is -1.11. The topological polar surface area (TPSA) is 65.0 Å². The number of aliphatic hydroxyl groups is 1. The van der Waals surface area contributed by atoms with Gasteiger partial charge in [0.15, 0.2) is 5.79 Å². The molecular formula is C12H16O5. The molecule has 0 radical (unpaired) electrons. The lowest BCUT2D eigenvalue weighted by molar-refractivity contribution is -0.220. The molecule has 0 unspecified atom stereocenters. The second-order valence-electron chi connectivity index (χ2n) is 5.14. The van der Waals surface area contributed by atoms with Gasteiger partial charge in [-0.1, -0.05) is 19.1 Å². The van der Waals surface area contributed by atoms with E-state index in [1.54, 1.807) is 6.92 Å². The third kappa shape index (κ3) is 1.03. The molecule has 2 fully saturated rings. The zero-order valence-corrected chi connectivity index (χ0v) is 10.0. The summed E-state index contributed by atoms with van der Waals surface area (Å²) in [6.07, 6.45) is 2.03. The third-order valence-electron chi connectivity index (χ3n) is 4.33. The summed E-state index contributed by atoms with van der Waals surface area (Å²) in [5.74, 6) is -1.68. The lowest BCUT2D eigenvalue weighted by Gasteiger charge is -2.46. The van der Waals surface area contributed by atoms with Crippen LogP contribution in [0.3, 0.4) is 0 Å². The molecule has 0 amide bonds. The molecule has 0 aromatic rings. The summed E-state index contributed by atoms with van der Waals surface area (Å²) >= 11 is 0. The highest BCUT2D eigenvalue weighted by Gasteiger charge is 2.75. The number of rotatable bonds is 1. The minimum absolute atomic E-state index is 0.142. The van der Waals surface area contributed by atoms with Crippen LogP contribution < -0.4 is 0 Å². The Morgan fingerprint density at radius 1 is 1.41 bits per heavy atom. The molecule has 2 aliphatic heterocycles. The highest BCUT2D eigenvalue weighted by atomic mass is 16.8. The smallest absolute Gasteiger partial charge is 0.318 e. The first-order valence-corrected chi connectivity index (χ1v) is 5.77. The molecule has 2 heterocycles. The maximum absolute atomic E-state index is 12.1. The van der Waals surface area contributed by atoms with Crippen LogP contribution in [0.1, 0.15) is 13.8 Å². The van der Waals surface area contributed by atoms with Crippen molar-refractivity contribution in [2.75, 3.05) is 7.11 Å². The van der Waals surface area contributed by atoms with Gasteiger partial charge in [-0.3, -0.25) is 4.79 Å². The van der Waals surface area contributed by atoms with E-state index in [4.69, 9.17) is 14.2 Å². The van der Waals surface area contributed by atoms with E-state index in [1.165, 1.54) is 7.11 Å². The van der Waals surface area contributed by atoms with Gasteiger partial charge >= 0.3 is 5.97 Å². The molecule has 2 bridgehead atoms. The number of aliphatic hydroxyl groups excluding tert-OH is 1. The van der Waals surface area contributed by atoms with Gasteiger partial charge in [-0.2, -0.15) is 0 Å². The largest absolute Gasteiger partial charge is 0.468 e. The van der Waals surface area contributed by atoms with Gasteiger partial charge in [0, 0.05) is 0 Å². The molecule has 94 valence electrons. The SMILES string of the molecule is COC(=O)[C@@]12[C@@H]3O[C@@](C)(O[C@@H]3C=C[C@@H]1C)[C@@H]2O. The van der Waals surface area contributed by atoms with Crippen molar-refractivity contribution in [3.63, 3.8) is 0 Å². The fourth-order valence-corrected chi connectivity index (χ4v) is 3.44. The first-order valence-electron chi connectivity index (χ1n) is 5.77. The average Bonchev–Trinajstić information content (AvgIpc) is 2.76. The highest BCUT2D eigenvalue weighted by Crippen LogP contribution is 2.59. The molecule has 1 N–H and O–H groups in total. The Labute approximate surface area is 99.3 Å². The van der Waals surface area contributed by atoms with Gasteiger partial charge in [-0.25, -0.2) is 0 Å². The molecule has 3 aliphatic rings. The standard InChI is InChI=1S/C12H16O5/c1-6-4-5-7-8-12(6,10(14)15-3)9(13)11(2,16-7)17-8/h4-9,13H,1-3H3/t6-,7+,8+,9-,11+,12+/m0/s1. The van der Waals surface area contributed by atoms with Crippen LogP contribution in [0, 0.1) is 11.3 Å². The van der Waals surface area contributed by atoms with Crippen molar-refractivity contribution in [1.29, 1.82) is 0 Å². The maximum Gasteiger partial charge on any atom is 0.318 e. The summed E-state index contributed by atoms with van der Waals surface area (Å²) in [6, 6.07) is 0. The van der Waals surface area contributed by atoms with E-state index in [0.29, 0.717) is 0 Å². The van der Waals surface area contributed by atoms with Crippen LogP contribution in [0.15, 0.2) is 12.2 Å². The molecule has 0 spiro atoms. The van der Waals surface area contributed by atoms with Crippen molar-refractivity contribution in [2.45, 2.75) is 37.9 Å². The van der Waals surface area contributed by atoms with E-state index in [1.807, 2.05) is 19.1 Å². The normalized spacial score (nSPS) is 55.1. The zero-order valence-electron chi connectivity index (χ0n) is 10.0. The minimum Gasteiger partial charge on any atom is -0.468 e. The van der Waals surface area contributed by atoms with Gasteiger partial charge in [0.25, 0.3) is 0 Å². The average molecular weight is 240 g/mol. The predicted molar refractivity (Wildman–Crippen MR) is 56.9 cm³/mol. The number of allylic oxidation sites excluding steroid dienone is 1. The molecule has 0 aromatic carbocycles. The summed E-state index contributed by atoms with van der Waals surface area (Å²) in [5.41, 5.74) is -1.04. The number of methoxy groups -OCH3 is 1. The van der Waals surface area contributed by atoms with Gasteiger partial charge in [0.2, 0.25) is 0 Å². The first kappa shape index (κ1) is 11.2. The van der Waals surface area contributed by atoms with Crippen LogP contribution in [0.25, 0.3) is 0 Å². The van der Waals surface area contributed by atoms with Crippen LogP contribution in [0.4, 0.5) is 0 Å². The Morgan fingerprint density at radius 2 is 2.12 bits per heavy atom. The molecular weight excluding hydrogens is 224 g/mol. The number of hydrogen-bond acceptors (Lipinski definition) is 5. The van der Waals surface area contributed by atoms with Crippen molar-refractivity contribution < 1.29 is 24.1 Å². The van der Waals surface area contributed by atoms with Crippen LogP contribution in [0.5, 0.6) is 0 Å². The quantitative estimate of drug-likeness (QED) is 0.525. The Morgan fingerprint density at radius 3 is 2.71 bits per heavy atom. The second kappa shape index (κ2) is 3.10. The van der Waals surface area contributed by atoms with E-state index < -0.39 is 29.4 Å². The molecule has 3 rings (SSSR count). The van der Waals surface area contributed by atoms with Crippen LogP contribution in [0.2, 0.25) is 0 Å². The number of carbonyl (C=O) groups excluding carboxylic acids is 1. The van der Waals surface area contributed by atoms with Crippen molar-refractivity contribution in [3.8, 4) is 0 Å². The third-order valence-corrected chi connectivity index (χ3v) is 4.33. The summed E-state index contributed by atoms with van der Waals surface area (Å²) in [7, 11) is 1.33. The zero-order chi connectivity index (χ0) is 12.4. The monoisotopic (exact) mass is 240 g/mol. The van der Waals surface area contributed by atoms with E-state index in [2.05, 4.69) is 0 Å². The molecule has 6 atom stereocenters. The Balaban J connectivity index is 2.16. The fourth-order valence-electron chi connectivity index (χ4n) is 3.44. The molecule has 1 aliphatic carbocycles. The first-order chi connectivity index (χ1) is 7.96. The molecule has 5 heteroatoms. The molecule has 17 heavy (non-hydrogen) atoms. The van der Waals surface area contributed by atoms with Gasteiger partial charge in [-0.05, 0) is 12.8 Å². The maximum atomic E-state index is 12.1. The summed E-state index contributed by atoms with van der Waals surface area (Å²) in [6.45, 7) is 3.56. The summed E-state index contributed by atoms with van der Waals surface area (Å²) < 4.78 is 16.2. The van der Waals surface area contributed by atoms with E-state index in [-0.39, 0.29) is 12.0 Å². The Hall–Kier alpha value is -0.910. The van der Waals surface area contributed by atoms with E-state index >= 15 is 0 Å². The summed E-state index contributed by atoms with van der Waals surface area (Å²) in [4.78, 5) is 12.1. The number of hydrogen-bond donors (Lipinski definition) is 1. The molecule has 5 nitrogen and oxygen atoms in total. The number of ether oxygens (including phenoxy) is 3. The van der Waals surface area contributed by atoms with Crippen LogP contribution in [-0.2, 0) is 19.0 Å². The number of esters is 1. The van der Waals surface area contributed by atoms with Crippen molar-refractivity contribution in [2.24, 2.45) is 11.3 Å². The van der Waals surface area contributed by atoms with Gasteiger partial charge in [0.05, 0.1) is 7.11 Å². The lowest BCUT2D eigenvalue weighted by atomic mass is 9.62. The number of carbonyl (C=O) groups is 1. The molecule has 0 saturated carbocycles. The van der Waals surface area contributed by atoms with Gasteiger partial charge in [-0.15, -0.1) is 0 Å². The lowest BCUT2D eigenvalue weighted by Crippen LogP contribution is -2.62. The highest BCUT2D eigenvalue weighted by molar-refractivity contribution is 5.81. The Kier molecular flexibility index (Phi) is 2.04. The van der Waals surface area contributed by atoms with Gasteiger partial charge in [0.1, 0.15) is 23.7 Å². The van der Waals surface area contributed by atoms with Crippen LogP contribution >= 0.6 is 0 Å². The van der Waals surface area contributed by atoms with Crippen molar-refractivity contribution >= 4 is 5.97 Å². The van der Waals surface area contributed by atoms with Crippen LogP contribution in [-0.4, -0.2) is 42.3 Å². The predicted octanol–water partition coefficient (Wildman–Crippen LogP) is 0.226. The molecule has 0 aromatic heterocycles. The Bertz CT molecular complexity index is 406. The summed E-state index contributed by atoms with van der Waals surface area (Å²) in [5, 5.41) is 10.4. The van der Waals surface area contributed by atoms with E-state index in [9.17, 15) is 9.90 Å².